The number of rotatable bonds is 5. The number of pyridine rings is 1. The molecule has 0 fully saturated rings. The highest BCUT2D eigenvalue weighted by atomic mass is 32.2. The SMILES string of the molecule is CCCCSc1ccnc(CN)c1. The number of hydrogen-bond acceptors (Lipinski definition) is 3. The number of nitrogens with two attached hydrogens (primary N) is 1. The molecule has 0 bridgehead atoms. The number of unbranched alkanes of at least 4 members (excludes halogenated alkanes) is 1. The molecule has 0 spiro atoms. The zero-order valence-electron chi connectivity index (χ0n) is 7.99. The summed E-state index contributed by atoms with van der Waals surface area (Å²) < 4.78 is 0. The van der Waals surface area contributed by atoms with Crippen LogP contribution >= 0.6 is 11.8 Å². The maximum atomic E-state index is 5.50. The van der Waals surface area contributed by atoms with Gasteiger partial charge < -0.3 is 5.73 Å². The molecule has 72 valence electrons. The maximum Gasteiger partial charge on any atom is 0.0550 e. The minimum atomic E-state index is 0.530. The van der Waals surface area contributed by atoms with Gasteiger partial charge in [0.15, 0.2) is 0 Å². The summed E-state index contributed by atoms with van der Waals surface area (Å²) in [6, 6.07) is 4.11. The second-order valence-corrected chi connectivity index (χ2v) is 4.06. The normalized spacial score (nSPS) is 10.3. The molecule has 1 rings (SSSR count). The second kappa shape index (κ2) is 6.00. The van der Waals surface area contributed by atoms with E-state index in [1.54, 1.807) is 0 Å². The van der Waals surface area contributed by atoms with Crippen LogP contribution in [0.1, 0.15) is 25.5 Å². The Morgan fingerprint density at radius 3 is 3.08 bits per heavy atom. The van der Waals surface area contributed by atoms with E-state index in [1.165, 1.54) is 23.5 Å². The zero-order chi connectivity index (χ0) is 9.52. The van der Waals surface area contributed by atoms with Crippen LogP contribution in [0.15, 0.2) is 23.2 Å². The summed E-state index contributed by atoms with van der Waals surface area (Å²) >= 11 is 1.88. The lowest BCUT2D eigenvalue weighted by atomic mass is 10.3. The van der Waals surface area contributed by atoms with Gasteiger partial charge in [-0.2, -0.15) is 0 Å². The van der Waals surface area contributed by atoms with Gasteiger partial charge in [-0.25, -0.2) is 0 Å². The molecule has 1 aromatic heterocycles. The summed E-state index contributed by atoms with van der Waals surface area (Å²) in [6.07, 6.45) is 4.35. The standard InChI is InChI=1S/C10H16N2S/c1-2-3-6-13-10-4-5-12-9(7-10)8-11/h4-5,7H,2-3,6,8,11H2,1H3. The Labute approximate surface area is 83.9 Å². The molecule has 1 aromatic rings. The third kappa shape index (κ3) is 3.79. The fourth-order valence-corrected chi connectivity index (χ4v) is 2.04. The van der Waals surface area contributed by atoms with Crippen molar-refractivity contribution in [1.82, 2.24) is 4.98 Å². The van der Waals surface area contributed by atoms with Crippen molar-refractivity contribution in [3.63, 3.8) is 0 Å². The first kappa shape index (κ1) is 10.5. The lowest BCUT2D eigenvalue weighted by Gasteiger charge is -2.01. The van der Waals surface area contributed by atoms with Gasteiger partial charge in [0.05, 0.1) is 5.69 Å². The Kier molecular flexibility index (Phi) is 4.86. The van der Waals surface area contributed by atoms with Gasteiger partial charge >= 0.3 is 0 Å². The third-order valence-corrected chi connectivity index (χ3v) is 2.84. The van der Waals surface area contributed by atoms with Gasteiger partial charge in [-0.1, -0.05) is 13.3 Å². The number of nitrogens with zero attached hydrogens (tertiary/aromatic N) is 1. The minimum Gasteiger partial charge on any atom is -0.325 e. The van der Waals surface area contributed by atoms with E-state index in [0.29, 0.717) is 6.54 Å². The van der Waals surface area contributed by atoms with Crippen molar-refractivity contribution in [2.75, 3.05) is 5.75 Å². The molecule has 0 aliphatic rings. The van der Waals surface area contributed by atoms with Crippen LogP contribution in [0.25, 0.3) is 0 Å². The van der Waals surface area contributed by atoms with Crippen LogP contribution in [0.4, 0.5) is 0 Å². The summed E-state index contributed by atoms with van der Waals surface area (Å²) in [4.78, 5) is 5.43. The highest BCUT2D eigenvalue weighted by Gasteiger charge is 1.95. The van der Waals surface area contributed by atoms with E-state index < -0.39 is 0 Å². The monoisotopic (exact) mass is 196 g/mol. The quantitative estimate of drug-likeness (QED) is 0.580. The first-order valence-electron chi connectivity index (χ1n) is 4.64. The van der Waals surface area contributed by atoms with Crippen molar-refractivity contribution in [3.8, 4) is 0 Å². The molecule has 2 nitrogen and oxygen atoms in total. The van der Waals surface area contributed by atoms with Crippen LogP contribution < -0.4 is 5.73 Å². The van der Waals surface area contributed by atoms with Crippen LogP contribution in [0.2, 0.25) is 0 Å². The average Bonchev–Trinajstić information content (AvgIpc) is 2.19. The largest absolute Gasteiger partial charge is 0.325 e. The van der Waals surface area contributed by atoms with E-state index >= 15 is 0 Å². The smallest absolute Gasteiger partial charge is 0.0550 e. The Balaban J connectivity index is 2.46. The molecule has 0 saturated heterocycles. The molecule has 0 aromatic carbocycles. The van der Waals surface area contributed by atoms with Crippen molar-refractivity contribution in [3.05, 3.63) is 24.0 Å². The Hall–Kier alpha value is -0.540. The second-order valence-electron chi connectivity index (χ2n) is 2.89. The number of aromatic nitrogens is 1. The van der Waals surface area contributed by atoms with Gasteiger partial charge in [0.25, 0.3) is 0 Å². The van der Waals surface area contributed by atoms with Crippen molar-refractivity contribution < 1.29 is 0 Å². The summed E-state index contributed by atoms with van der Waals surface area (Å²) in [7, 11) is 0. The van der Waals surface area contributed by atoms with Crippen molar-refractivity contribution >= 4 is 11.8 Å². The van der Waals surface area contributed by atoms with E-state index in [2.05, 4.69) is 18.0 Å². The molecule has 1 heterocycles. The Bertz CT molecular complexity index is 250. The molecule has 0 atom stereocenters. The lowest BCUT2D eigenvalue weighted by Crippen LogP contribution is -1.98. The van der Waals surface area contributed by atoms with Crippen molar-refractivity contribution in [2.24, 2.45) is 5.73 Å². The fourth-order valence-electron chi connectivity index (χ4n) is 0.992. The van der Waals surface area contributed by atoms with E-state index in [-0.39, 0.29) is 0 Å². The third-order valence-electron chi connectivity index (χ3n) is 1.76. The number of hydrogen-bond donors (Lipinski definition) is 1. The van der Waals surface area contributed by atoms with Gasteiger partial charge in [-0.05, 0) is 24.3 Å². The highest BCUT2D eigenvalue weighted by Crippen LogP contribution is 2.18. The van der Waals surface area contributed by atoms with E-state index in [1.807, 2.05) is 24.0 Å². The molecule has 0 saturated carbocycles. The predicted octanol–water partition coefficient (Wildman–Crippen LogP) is 2.43. The molecule has 13 heavy (non-hydrogen) atoms. The van der Waals surface area contributed by atoms with E-state index in [9.17, 15) is 0 Å². The van der Waals surface area contributed by atoms with E-state index in [0.717, 1.165) is 5.69 Å². The Morgan fingerprint density at radius 1 is 1.54 bits per heavy atom. The predicted molar refractivity (Wildman–Crippen MR) is 57.8 cm³/mol. The molecule has 0 aliphatic heterocycles. The van der Waals surface area contributed by atoms with E-state index in [4.69, 9.17) is 5.73 Å². The molecular formula is C10H16N2S. The molecule has 0 aliphatic carbocycles. The molecular weight excluding hydrogens is 180 g/mol. The van der Waals surface area contributed by atoms with Crippen LogP contribution in [0, 0.1) is 0 Å². The summed E-state index contributed by atoms with van der Waals surface area (Å²) in [5, 5.41) is 0. The average molecular weight is 196 g/mol. The molecule has 0 amide bonds. The van der Waals surface area contributed by atoms with Crippen LogP contribution in [0.3, 0.4) is 0 Å². The first-order valence-corrected chi connectivity index (χ1v) is 5.63. The topological polar surface area (TPSA) is 38.9 Å². The van der Waals surface area contributed by atoms with Crippen LogP contribution in [-0.4, -0.2) is 10.7 Å². The van der Waals surface area contributed by atoms with Crippen LogP contribution in [0.5, 0.6) is 0 Å². The first-order chi connectivity index (χ1) is 6.36. The van der Waals surface area contributed by atoms with Crippen molar-refractivity contribution in [1.29, 1.82) is 0 Å². The summed E-state index contributed by atoms with van der Waals surface area (Å²) in [6.45, 7) is 2.74. The summed E-state index contributed by atoms with van der Waals surface area (Å²) in [5.74, 6) is 1.19. The van der Waals surface area contributed by atoms with Crippen LogP contribution in [-0.2, 0) is 6.54 Å². The zero-order valence-corrected chi connectivity index (χ0v) is 8.81. The van der Waals surface area contributed by atoms with Gasteiger partial charge in [-0.15, -0.1) is 11.8 Å². The number of thioether (sulfide) groups is 1. The minimum absolute atomic E-state index is 0.530. The summed E-state index contributed by atoms with van der Waals surface area (Å²) in [5.41, 5.74) is 6.48. The Morgan fingerprint density at radius 2 is 2.38 bits per heavy atom. The van der Waals surface area contributed by atoms with Gasteiger partial charge in [-0.3, -0.25) is 4.98 Å². The van der Waals surface area contributed by atoms with Crippen molar-refractivity contribution in [2.45, 2.75) is 31.2 Å². The molecule has 0 unspecified atom stereocenters. The lowest BCUT2D eigenvalue weighted by molar-refractivity contribution is 0.895. The molecule has 3 heteroatoms. The molecule has 2 N–H and O–H groups in total. The highest BCUT2D eigenvalue weighted by molar-refractivity contribution is 7.99. The van der Waals surface area contributed by atoms with Gasteiger partial charge in [0.1, 0.15) is 0 Å². The van der Waals surface area contributed by atoms with Gasteiger partial charge in [0.2, 0.25) is 0 Å². The maximum absolute atomic E-state index is 5.50. The van der Waals surface area contributed by atoms with Gasteiger partial charge in [0, 0.05) is 17.6 Å². The molecule has 0 radical (unpaired) electrons. The fraction of sp³-hybridized carbons (Fsp3) is 0.500.